The predicted molar refractivity (Wildman–Crippen MR) is 75.0 cm³/mol. The minimum absolute atomic E-state index is 0.0154. The number of ether oxygens (including phenoxy) is 2. The molecule has 1 spiro atoms. The first kappa shape index (κ1) is 14.5. The fraction of sp³-hybridized carbons (Fsp3) is 0.733. The van der Waals surface area contributed by atoms with Crippen molar-refractivity contribution in [1.82, 2.24) is 10.5 Å². The van der Waals surface area contributed by atoms with Gasteiger partial charge in [0.05, 0.1) is 6.10 Å². The summed E-state index contributed by atoms with van der Waals surface area (Å²) in [6, 6.07) is 0.126. The third-order valence-corrected chi connectivity index (χ3v) is 4.84. The summed E-state index contributed by atoms with van der Waals surface area (Å²) in [6.07, 6.45) is 4.43. The molecule has 1 saturated carbocycles. The highest BCUT2D eigenvalue weighted by molar-refractivity contribution is 5.93. The zero-order valence-electron chi connectivity index (χ0n) is 12.6. The first-order valence-corrected chi connectivity index (χ1v) is 7.58. The van der Waals surface area contributed by atoms with Crippen LogP contribution in [0.4, 0.5) is 0 Å². The summed E-state index contributed by atoms with van der Waals surface area (Å²) < 4.78 is 16.2. The monoisotopic (exact) mass is 294 g/mol. The van der Waals surface area contributed by atoms with Crippen molar-refractivity contribution in [2.75, 3.05) is 19.8 Å². The Balaban J connectivity index is 1.70. The van der Waals surface area contributed by atoms with Gasteiger partial charge in [-0.25, -0.2) is 0 Å². The van der Waals surface area contributed by atoms with Gasteiger partial charge in [-0.15, -0.1) is 0 Å². The highest BCUT2D eigenvalue weighted by Gasteiger charge is 2.56. The van der Waals surface area contributed by atoms with E-state index in [1.807, 2.05) is 13.8 Å². The second kappa shape index (κ2) is 5.77. The summed E-state index contributed by atoms with van der Waals surface area (Å²) in [7, 11) is 0. The van der Waals surface area contributed by atoms with Crippen molar-refractivity contribution in [3.05, 3.63) is 17.5 Å². The van der Waals surface area contributed by atoms with Crippen LogP contribution in [0.1, 0.15) is 42.2 Å². The van der Waals surface area contributed by atoms with Crippen LogP contribution in [0, 0.1) is 12.3 Å². The second-order valence-corrected chi connectivity index (χ2v) is 5.90. The molecule has 2 aliphatic rings. The lowest BCUT2D eigenvalue weighted by Crippen LogP contribution is -2.66. The molecule has 1 N–H and O–H groups in total. The zero-order chi connectivity index (χ0) is 14.9. The van der Waals surface area contributed by atoms with Gasteiger partial charge in [0.15, 0.2) is 5.69 Å². The molecule has 6 heteroatoms. The Morgan fingerprint density at radius 3 is 2.90 bits per heavy atom. The molecule has 2 fully saturated rings. The number of amides is 1. The molecule has 116 valence electrons. The molecule has 2 atom stereocenters. The maximum Gasteiger partial charge on any atom is 0.273 e. The smallest absolute Gasteiger partial charge is 0.273 e. The summed E-state index contributed by atoms with van der Waals surface area (Å²) in [5, 5.41) is 6.88. The summed E-state index contributed by atoms with van der Waals surface area (Å²) in [6.45, 7) is 6.01. The minimum Gasteiger partial charge on any atom is -0.381 e. The minimum atomic E-state index is -0.160. The average Bonchev–Trinajstić information content (AvgIpc) is 2.93. The Kier molecular flexibility index (Phi) is 3.99. The van der Waals surface area contributed by atoms with E-state index in [9.17, 15) is 4.79 Å². The van der Waals surface area contributed by atoms with E-state index >= 15 is 0 Å². The first-order chi connectivity index (χ1) is 10.2. The highest BCUT2D eigenvalue weighted by Crippen LogP contribution is 2.50. The number of nitrogens with one attached hydrogen (secondary N) is 1. The Hall–Kier alpha value is -1.40. The molecule has 0 aromatic carbocycles. The second-order valence-electron chi connectivity index (χ2n) is 5.90. The summed E-state index contributed by atoms with van der Waals surface area (Å²) in [5.41, 5.74) is 1.15. The van der Waals surface area contributed by atoms with E-state index in [2.05, 4.69) is 10.5 Å². The highest BCUT2D eigenvalue weighted by atomic mass is 16.5. The first-order valence-electron chi connectivity index (χ1n) is 7.58. The van der Waals surface area contributed by atoms with Crippen molar-refractivity contribution >= 4 is 5.91 Å². The van der Waals surface area contributed by atoms with E-state index < -0.39 is 0 Å². The van der Waals surface area contributed by atoms with E-state index in [1.54, 1.807) is 0 Å². The average molecular weight is 294 g/mol. The molecular weight excluding hydrogens is 272 g/mol. The Morgan fingerprint density at radius 1 is 1.52 bits per heavy atom. The molecule has 0 unspecified atom stereocenters. The van der Waals surface area contributed by atoms with Crippen LogP contribution in [0.3, 0.4) is 0 Å². The van der Waals surface area contributed by atoms with Gasteiger partial charge in [-0.2, -0.15) is 0 Å². The molecule has 1 aliphatic carbocycles. The van der Waals surface area contributed by atoms with Crippen molar-refractivity contribution in [3.8, 4) is 0 Å². The van der Waals surface area contributed by atoms with Crippen molar-refractivity contribution in [2.45, 2.75) is 45.3 Å². The van der Waals surface area contributed by atoms with Crippen LogP contribution in [-0.2, 0) is 9.47 Å². The largest absolute Gasteiger partial charge is 0.381 e. The lowest BCUT2D eigenvalue weighted by Gasteiger charge is -2.57. The molecule has 1 aromatic heterocycles. The fourth-order valence-electron chi connectivity index (χ4n) is 3.54. The molecule has 3 rings (SSSR count). The summed E-state index contributed by atoms with van der Waals surface area (Å²) >= 11 is 0. The Labute approximate surface area is 124 Å². The number of rotatable bonds is 4. The maximum atomic E-state index is 12.3. The fourth-order valence-corrected chi connectivity index (χ4v) is 3.54. The van der Waals surface area contributed by atoms with Gasteiger partial charge in [-0.1, -0.05) is 5.16 Å². The normalized spacial score (nSPS) is 27.3. The van der Waals surface area contributed by atoms with Crippen molar-refractivity contribution < 1.29 is 18.8 Å². The van der Waals surface area contributed by atoms with Crippen molar-refractivity contribution in [1.29, 1.82) is 0 Å². The van der Waals surface area contributed by atoms with E-state index in [1.165, 1.54) is 6.26 Å². The number of carbonyl (C=O) groups excluding carboxylic acids is 1. The lowest BCUT2D eigenvalue weighted by molar-refractivity contribution is -0.170. The number of aromatic nitrogens is 1. The standard InChI is InChI=1S/C15H22N2O4/c1-3-20-12-8-11(15(12)4-6-19-7-5-15)16-14(18)13-10(2)9-21-17-13/h9,11-12H,3-8H2,1-2H3,(H,16,18)/t11-,12-/m1/s1. The van der Waals surface area contributed by atoms with Crippen molar-refractivity contribution in [2.24, 2.45) is 5.41 Å². The predicted octanol–water partition coefficient (Wildman–Crippen LogP) is 1.69. The summed E-state index contributed by atoms with van der Waals surface area (Å²) in [4.78, 5) is 12.3. The molecule has 1 aromatic rings. The van der Waals surface area contributed by atoms with Gasteiger partial charge in [0.25, 0.3) is 5.91 Å². The van der Waals surface area contributed by atoms with E-state index in [0.29, 0.717) is 12.3 Å². The number of hydrogen-bond acceptors (Lipinski definition) is 5. The van der Waals surface area contributed by atoms with E-state index in [4.69, 9.17) is 14.0 Å². The van der Waals surface area contributed by atoms with Gasteiger partial charge in [0.1, 0.15) is 6.26 Å². The number of carbonyl (C=O) groups is 1. The van der Waals surface area contributed by atoms with E-state index in [0.717, 1.165) is 38.0 Å². The van der Waals surface area contributed by atoms with Gasteiger partial charge in [-0.3, -0.25) is 4.79 Å². The SMILES string of the molecule is CCO[C@@H]1C[C@@H](NC(=O)c2nocc2C)C12CCOCC2. The molecule has 1 aliphatic heterocycles. The molecule has 6 nitrogen and oxygen atoms in total. The van der Waals surface area contributed by atoms with Crippen molar-refractivity contribution in [3.63, 3.8) is 0 Å². The molecule has 0 bridgehead atoms. The maximum absolute atomic E-state index is 12.3. The van der Waals surface area contributed by atoms with Gasteiger partial charge in [-0.05, 0) is 33.1 Å². The molecule has 0 radical (unpaired) electrons. The molecule has 1 amide bonds. The molecule has 1 saturated heterocycles. The third kappa shape index (κ3) is 2.46. The Bertz CT molecular complexity index is 508. The zero-order valence-corrected chi connectivity index (χ0v) is 12.6. The van der Waals surface area contributed by atoms with Gasteiger partial charge < -0.3 is 19.3 Å². The quantitative estimate of drug-likeness (QED) is 0.914. The molecule has 21 heavy (non-hydrogen) atoms. The van der Waals surface area contributed by atoms with Crippen LogP contribution < -0.4 is 5.32 Å². The van der Waals surface area contributed by atoms with Gasteiger partial charge in [0, 0.05) is 36.8 Å². The Morgan fingerprint density at radius 2 is 2.29 bits per heavy atom. The summed E-state index contributed by atoms with van der Waals surface area (Å²) in [5.74, 6) is -0.160. The molecular formula is C15H22N2O4. The van der Waals surface area contributed by atoms with Gasteiger partial charge >= 0.3 is 0 Å². The van der Waals surface area contributed by atoms with Crippen LogP contribution in [0.2, 0.25) is 0 Å². The number of hydrogen-bond donors (Lipinski definition) is 1. The van der Waals surface area contributed by atoms with Crippen LogP contribution in [0.25, 0.3) is 0 Å². The van der Waals surface area contributed by atoms with Crippen LogP contribution >= 0.6 is 0 Å². The number of nitrogens with zero attached hydrogens (tertiary/aromatic N) is 1. The van der Waals surface area contributed by atoms with Crippen LogP contribution in [-0.4, -0.2) is 43.0 Å². The van der Waals surface area contributed by atoms with E-state index in [-0.39, 0.29) is 23.5 Å². The third-order valence-electron chi connectivity index (χ3n) is 4.84. The van der Waals surface area contributed by atoms with Gasteiger partial charge in [0.2, 0.25) is 0 Å². The van der Waals surface area contributed by atoms with Crippen LogP contribution in [0.15, 0.2) is 10.8 Å². The lowest BCUT2D eigenvalue weighted by atomic mass is 9.57. The number of aryl methyl sites for hydroxylation is 1. The molecule has 2 heterocycles. The van der Waals surface area contributed by atoms with Crippen LogP contribution in [0.5, 0.6) is 0 Å². The topological polar surface area (TPSA) is 73.6 Å².